The van der Waals surface area contributed by atoms with Gasteiger partial charge in [-0.15, -0.1) is 0 Å². The van der Waals surface area contributed by atoms with E-state index in [9.17, 15) is 18.0 Å². The van der Waals surface area contributed by atoms with Crippen molar-refractivity contribution in [2.45, 2.75) is 25.3 Å². The molecule has 0 aliphatic rings. The Bertz CT molecular complexity index is 362. The SMILES string of the molecule is O=C(C[C@@H](O)C(F)(F)F)OCc1ccccc1. The van der Waals surface area contributed by atoms with E-state index in [2.05, 4.69) is 4.74 Å². The molecule has 0 saturated heterocycles. The Hall–Kier alpha value is -1.56. The number of benzene rings is 1. The van der Waals surface area contributed by atoms with E-state index in [1.165, 1.54) is 0 Å². The molecule has 0 radical (unpaired) electrons. The molecular formula is C11H11F3O3. The van der Waals surface area contributed by atoms with E-state index >= 15 is 0 Å². The minimum atomic E-state index is -4.80. The molecule has 0 fully saturated rings. The maximum Gasteiger partial charge on any atom is 0.414 e. The smallest absolute Gasteiger partial charge is 0.414 e. The molecule has 0 saturated carbocycles. The van der Waals surface area contributed by atoms with E-state index in [0.717, 1.165) is 0 Å². The third-order valence-corrected chi connectivity index (χ3v) is 1.98. The number of alkyl halides is 3. The second-order valence-electron chi connectivity index (χ2n) is 3.41. The van der Waals surface area contributed by atoms with Crippen LogP contribution in [0.3, 0.4) is 0 Å². The molecule has 0 aromatic heterocycles. The van der Waals surface area contributed by atoms with Crippen molar-refractivity contribution in [2.24, 2.45) is 0 Å². The van der Waals surface area contributed by atoms with Crippen LogP contribution < -0.4 is 0 Å². The minimum absolute atomic E-state index is 0.107. The number of rotatable bonds is 4. The monoisotopic (exact) mass is 248 g/mol. The molecular weight excluding hydrogens is 237 g/mol. The molecule has 1 aromatic carbocycles. The van der Waals surface area contributed by atoms with Crippen molar-refractivity contribution in [3.8, 4) is 0 Å². The van der Waals surface area contributed by atoms with E-state index in [-0.39, 0.29) is 6.61 Å². The van der Waals surface area contributed by atoms with Crippen LogP contribution >= 0.6 is 0 Å². The Labute approximate surface area is 95.8 Å². The highest BCUT2D eigenvalue weighted by atomic mass is 19.4. The van der Waals surface area contributed by atoms with Gasteiger partial charge in [0, 0.05) is 0 Å². The maximum atomic E-state index is 11.9. The van der Waals surface area contributed by atoms with Crippen molar-refractivity contribution in [2.75, 3.05) is 0 Å². The topological polar surface area (TPSA) is 46.5 Å². The van der Waals surface area contributed by atoms with Crippen LogP contribution in [0, 0.1) is 0 Å². The lowest BCUT2D eigenvalue weighted by molar-refractivity contribution is -0.209. The van der Waals surface area contributed by atoms with Gasteiger partial charge in [-0.2, -0.15) is 13.2 Å². The zero-order chi connectivity index (χ0) is 12.9. The average molecular weight is 248 g/mol. The van der Waals surface area contributed by atoms with Gasteiger partial charge in [0.15, 0.2) is 6.10 Å². The minimum Gasteiger partial charge on any atom is -0.461 e. The fourth-order valence-electron chi connectivity index (χ4n) is 1.07. The van der Waals surface area contributed by atoms with Crippen LogP contribution in [0.1, 0.15) is 12.0 Å². The number of hydrogen-bond donors (Lipinski definition) is 1. The van der Waals surface area contributed by atoms with Gasteiger partial charge >= 0.3 is 12.1 Å². The first-order valence-corrected chi connectivity index (χ1v) is 4.84. The standard InChI is InChI=1S/C11H11F3O3/c12-11(13,14)9(15)6-10(16)17-7-8-4-2-1-3-5-8/h1-5,9,15H,6-7H2/t9-/m1/s1. The lowest BCUT2D eigenvalue weighted by atomic mass is 10.2. The molecule has 3 nitrogen and oxygen atoms in total. The van der Waals surface area contributed by atoms with Crippen LogP contribution in [0.5, 0.6) is 0 Å². The number of aliphatic hydroxyl groups is 1. The van der Waals surface area contributed by atoms with Crippen LogP contribution in [0.15, 0.2) is 30.3 Å². The van der Waals surface area contributed by atoms with Gasteiger partial charge in [0.25, 0.3) is 0 Å². The van der Waals surface area contributed by atoms with E-state index in [4.69, 9.17) is 5.11 Å². The van der Waals surface area contributed by atoms with E-state index in [1.54, 1.807) is 30.3 Å². The normalized spacial score (nSPS) is 13.2. The summed E-state index contributed by atoms with van der Waals surface area (Å²) in [5.41, 5.74) is 0.669. The summed E-state index contributed by atoms with van der Waals surface area (Å²) in [5.74, 6) is -1.08. The van der Waals surface area contributed by atoms with Crippen LogP contribution in [-0.4, -0.2) is 23.4 Å². The molecule has 0 spiro atoms. The molecule has 1 rings (SSSR count). The molecule has 17 heavy (non-hydrogen) atoms. The molecule has 0 aliphatic carbocycles. The van der Waals surface area contributed by atoms with Crippen molar-refractivity contribution in [3.63, 3.8) is 0 Å². The molecule has 0 heterocycles. The maximum absolute atomic E-state index is 11.9. The Morgan fingerprint density at radius 2 is 1.88 bits per heavy atom. The summed E-state index contributed by atoms with van der Waals surface area (Å²) in [7, 11) is 0. The van der Waals surface area contributed by atoms with Gasteiger partial charge in [0.1, 0.15) is 6.61 Å². The summed E-state index contributed by atoms with van der Waals surface area (Å²) in [6.45, 7) is -0.107. The van der Waals surface area contributed by atoms with Gasteiger partial charge in [-0.25, -0.2) is 0 Å². The highest BCUT2D eigenvalue weighted by Crippen LogP contribution is 2.22. The van der Waals surface area contributed by atoms with Crippen molar-refractivity contribution >= 4 is 5.97 Å². The number of esters is 1. The van der Waals surface area contributed by atoms with Gasteiger partial charge in [-0.05, 0) is 5.56 Å². The third-order valence-electron chi connectivity index (χ3n) is 1.98. The number of carbonyl (C=O) groups excluding carboxylic acids is 1. The summed E-state index contributed by atoms with van der Waals surface area (Å²) in [6.07, 6.45) is -8.56. The molecule has 1 atom stereocenters. The molecule has 0 aliphatic heterocycles. The Morgan fingerprint density at radius 3 is 2.41 bits per heavy atom. The van der Waals surface area contributed by atoms with Crippen LogP contribution in [0.2, 0.25) is 0 Å². The second-order valence-corrected chi connectivity index (χ2v) is 3.41. The van der Waals surface area contributed by atoms with Crippen molar-refractivity contribution in [1.82, 2.24) is 0 Å². The van der Waals surface area contributed by atoms with Crippen molar-refractivity contribution in [1.29, 1.82) is 0 Å². The molecule has 0 bridgehead atoms. The fourth-order valence-corrected chi connectivity index (χ4v) is 1.07. The first kappa shape index (κ1) is 13.5. The molecule has 1 N–H and O–H groups in total. The first-order valence-electron chi connectivity index (χ1n) is 4.84. The lowest BCUT2D eigenvalue weighted by Gasteiger charge is -2.13. The lowest BCUT2D eigenvalue weighted by Crippen LogP contribution is -2.31. The quantitative estimate of drug-likeness (QED) is 0.829. The second kappa shape index (κ2) is 5.67. The Kier molecular flexibility index (Phi) is 4.51. The fraction of sp³-hybridized carbons (Fsp3) is 0.364. The summed E-state index contributed by atoms with van der Waals surface area (Å²) < 4.78 is 40.3. The van der Waals surface area contributed by atoms with E-state index in [1.807, 2.05) is 0 Å². The number of hydrogen-bond acceptors (Lipinski definition) is 3. The van der Waals surface area contributed by atoms with Gasteiger partial charge in [0.05, 0.1) is 6.42 Å². The summed E-state index contributed by atoms with van der Waals surface area (Å²) in [5, 5.41) is 8.63. The van der Waals surface area contributed by atoms with Crippen molar-refractivity contribution in [3.05, 3.63) is 35.9 Å². The Morgan fingerprint density at radius 1 is 1.29 bits per heavy atom. The number of carbonyl (C=O) groups is 1. The summed E-state index contributed by atoms with van der Waals surface area (Å²) in [6, 6.07) is 8.54. The van der Waals surface area contributed by atoms with Gasteiger partial charge in [-0.1, -0.05) is 30.3 Å². The highest BCUT2D eigenvalue weighted by molar-refractivity contribution is 5.70. The van der Waals surface area contributed by atoms with E-state index < -0.39 is 24.7 Å². The summed E-state index contributed by atoms with van der Waals surface area (Å²) >= 11 is 0. The zero-order valence-corrected chi connectivity index (χ0v) is 8.78. The molecule has 94 valence electrons. The molecule has 1 aromatic rings. The van der Waals surface area contributed by atoms with Crippen LogP contribution in [0.25, 0.3) is 0 Å². The molecule has 0 unspecified atom stereocenters. The number of ether oxygens (including phenoxy) is 1. The first-order chi connectivity index (χ1) is 7.89. The number of aliphatic hydroxyl groups excluding tert-OH is 1. The number of halogens is 3. The largest absolute Gasteiger partial charge is 0.461 e. The summed E-state index contributed by atoms with van der Waals surface area (Å²) in [4.78, 5) is 11.0. The van der Waals surface area contributed by atoms with E-state index in [0.29, 0.717) is 5.56 Å². The predicted molar refractivity (Wildman–Crippen MR) is 52.9 cm³/mol. The Balaban J connectivity index is 2.36. The highest BCUT2D eigenvalue weighted by Gasteiger charge is 2.39. The van der Waals surface area contributed by atoms with Gasteiger partial charge in [0.2, 0.25) is 0 Å². The zero-order valence-electron chi connectivity index (χ0n) is 8.78. The van der Waals surface area contributed by atoms with Gasteiger partial charge < -0.3 is 9.84 Å². The molecule has 0 amide bonds. The predicted octanol–water partition coefficient (Wildman–Crippen LogP) is 2.04. The average Bonchev–Trinajstić information content (AvgIpc) is 2.26. The third kappa shape index (κ3) is 4.86. The van der Waals surface area contributed by atoms with Crippen LogP contribution in [0.4, 0.5) is 13.2 Å². The van der Waals surface area contributed by atoms with Gasteiger partial charge in [-0.3, -0.25) is 4.79 Å². The van der Waals surface area contributed by atoms with Crippen molar-refractivity contribution < 1.29 is 27.8 Å². The molecule has 6 heteroatoms. The van der Waals surface area contributed by atoms with Crippen LogP contribution in [-0.2, 0) is 16.1 Å².